The van der Waals surface area contributed by atoms with Crippen LogP contribution in [0.5, 0.6) is 5.75 Å². The molecule has 0 heterocycles. The number of hydrogen-bond acceptors (Lipinski definition) is 3. The van der Waals surface area contributed by atoms with Crippen LogP contribution in [0.1, 0.15) is 37.0 Å². The summed E-state index contributed by atoms with van der Waals surface area (Å²) in [7, 11) is 1.40. The number of aldehydes is 1. The van der Waals surface area contributed by atoms with E-state index in [-0.39, 0.29) is 17.1 Å². The lowest BCUT2D eigenvalue weighted by Gasteiger charge is -2.05. The van der Waals surface area contributed by atoms with Gasteiger partial charge in [-0.2, -0.15) is 0 Å². The molecule has 4 heteroatoms. The minimum Gasteiger partial charge on any atom is -0.496 e. The van der Waals surface area contributed by atoms with E-state index in [1.165, 1.54) is 26.2 Å². The third kappa shape index (κ3) is 5.24. The largest absolute Gasteiger partial charge is 0.496 e. The van der Waals surface area contributed by atoms with Gasteiger partial charge in [-0.1, -0.05) is 13.0 Å². The summed E-state index contributed by atoms with van der Waals surface area (Å²) in [5.74, 6) is -0.589. The van der Waals surface area contributed by atoms with Crippen LogP contribution in [0.3, 0.4) is 0 Å². The molecule has 1 aromatic carbocycles. The van der Waals surface area contributed by atoms with Crippen molar-refractivity contribution in [2.45, 2.75) is 26.7 Å². The van der Waals surface area contributed by atoms with Gasteiger partial charge in [0.2, 0.25) is 0 Å². The van der Waals surface area contributed by atoms with Crippen LogP contribution in [0.4, 0.5) is 4.39 Å². The molecule has 0 saturated heterocycles. The second-order valence-corrected chi connectivity index (χ2v) is 3.33. The van der Waals surface area contributed by atoms with Crippen molar-refractivity contribution in [2.24, 2.45) is 0 Å². The summed E-state index contributed by atoms with van der Waals surface area (Å²) in [6.07, 6.45) is 2.61. The lowest BCUT2D eigenvalue weighted by atomic mass is 10.1. The van der Waals surface area contributed by atoms with Crippen LogP contribution < -0.4 is 4.74 Å². The van der Waals surface area contributed by atoms with Gasteiger partial charge in [-0.3, -0.25) is 4.79 Å². The number of carbonyl (C=O) groups excluding carboxylic acids is 2. The SMILES string of the molecule is CCCC=O.COc1cccc(F)c1C(C)=O. The maximum absolute atomic E-state index is 13.0. The molecular weight excluding hydrogens is 223 g/mol. The molecule has 0 aliphatic carbocycles. The zero-order valence-corrected chi connectivity index (χ0v) is 10.3. The fraction of sp³-hybridized carbons (Fsp3) is 0.385. The van der Waals surface area contributed by atoms with E-state index in [0.29, 0.717) is 6.42 Å². The highest BCUT2D eigenvalue weighted by Crippen LogP contribution is 2.20. The first kappa shape index (κ1) is 15.3. The maximum Gasteiger partial charge on any atom is 0.166 e. The predicted molar refractivity (Wildman–Crippen MR) is 63.9 cm³/mol. The molecule has 1 aromatic rings. The number of rotatable bonds is 4. The number of halogens is 1. The monoisotopic (exact) mass is 240 g/mol. The molecule has 17 heavy (non-hydrogen) atoms. The fourth-order valence-corrected chi connectivity index (χ4v) is 1.13. The van der Waals surface area contributed by atoms with E-state index in [4.69, 9.17) is 4.74 Å². The van der Waals surface area contributed by atoms with E-state index in [1.807, 2.05) is 6.92 Å². The summed E-state index contributed by atoms with van der Waals surface area (Å²) >= 11 is 0. The first-order chi connectivity index (χ1) is 8.08. The van der Waals surface area contributed by atoms with Crippen LogP contribution in [0, 0.1) is 5.82 Å². The van der Waals surface area contributed by atoms with E-state index in [9.17, 15) is 14.0 Å². The molecule has 0 fully saturated rings. The van der Waals surface area contributed by atoms with E-state index in [0.717, 1.165) is 12.7 Å². The van der Waals surface area contributed by atoms with Gasteiger partial charge in [0.1, 0.15) is 17.9 Å². The van der Waals surface area contributed by atoms with Crippen LogP contribution in [0.15, 0.2) is 18.2 Å². The number of hydrogen-bond donors (Lipinski definition) is 0. The first-order valence-electron chi connectivity index (χ1n) is 5.35. The van der Waals surface area contributed by atoms with E-state index < -0.39 is 5.82 Å². The molecule has 0 N–H and O–H groups in total. The second kappa shape index (κ2) is 8.44. The average Bonchev–Trinajstić information content (AvgIpc) is 2.30. The molecule has 94 valence electrons. The Morgan fingerprint density at radius 1 is 1.47 bits per heavy atom. The van der Waals surface area contributed by atoms with Gasteiger partial charge in [-0.25, -0.2) is 4.39 Å². The minimum atomic E-state index is -0.540. The van der Waals surface area contributed by atoms with Crippen molar-refractivity contribution in [3.05, 3.63) is 29.6 Å². The van der Waals surface area contributed by atoms with Crippen molar-refractivity contribution in [2.75, 3.05) is 7.11 Å². The zero-order valence-electron chi connectivity index (χ0n) is 10.3. The lowest BCUT2D eigenvalue weighted by molar-refractivity contribution is -0.107. The van der Waals surface area contributed by atoms with Gasteiger partial charge in [-0.05, 0) is 25.5 Å². The Labute approximate surface area is 101 Å². The summed E-state index contributed by atoms with van der Waals surface area (Å²) in [6, 6.07) is 4.29. The van der Waals surface area contributed by atoms with Gasteiger partial charge in [0.25, 0.3) is 0 Å². The van der Waals surface area contributed by atoms with Crippen LogP contribution in [-0.4, -0.2) is 19.2 Å². The molecule has 0 unspecified atom stereocenters. The smallest absolute Gasteiger partial charge is 0.166 e. The number of unbranched alkanes of at least 4 members (excludes halogenated alkanes) is 1. The highest BCUT2D eigenvalue weighted by Gasteiger charge is 2.12. The van der Waals surface area contributed by atoms with E-state index >= 15 is 0 Å². The Morgan fingerprint density at radius 3 is 2.41 bits per heavy atom. The van der Waals surface area contributed by atoms with E-state index in [2.05, 4.69) is 0 Å². The Bertz CT molecular complexity index is 375. The number of carbonyl (C=O) groups is 2. The van der Waals surface area contributed by atoms with E-state index in [1.54, 1.807) is 6.07 Å². The Balaban J connectivity index is 0.000000437. The number of methoxy groups -OCH3 is 1. The average molecular weight is 240 g/mol. The minimum absolute atomic E-state index is 0.0139. The van der Waals surface area contributed by atoms with Crippen molar-refractivity contribution in [3.63, 3.8) is 0 Å². The molecular formula is C13H17FO3. The van der Waals surface area contributed by atoms with Crippen molar-refractivity contribution in [1.29, 1.82) is 0 Å². The molecule has 0 atom stereocenters. The van der Waals surface area contributed by atoms with Gasteiger partial charge in [-0.15, -0.1) is 0 Å². The Hall–Kier alpha value is -1.71. The predicted octanol–water partition coefficient (Wildman–Crippen LogP) is 3.02. The topological polar surface area (TPSA) is 43.4 Å². The number of ether oxygens (including phenoxy) is 1. The number of ketones is 1. The van der Waals surface area contributed by atoms with Gasteiger partial charge in [0.05, 0.1) is 12.7 Å². The van der Waals surface area contributed by atoms with Crippen LogP contribution in [0.2, 0.25) is 0 Å². The summed E-state index contributed by atoms with van der Waals surface area (Å²) in [4.78, 5) is 20.3. The third-order valence-corrected chi connectivity index (χ3v) is 1.95. The lowest BCUT2D eigenvalue weighted by Crippen LogP contribution is -2.00. The van der Waals surface area contributed by atoms with Crippen molar-refractivity contribution in [3.8, 4) is 5.75 Å². The second-order valence-electron chi connectivity index (χ2n) is 3.33. The molecule has 0 aliphatic rings. The molecule has 0 radical (unpaired) electrons. The molecule has 3 nitrogen and oxygen atoms in total. The summed E-state index contributed by atoms with van der Waals surface area (Å²) in [5, 5.41) is 0. The van der Waals surface area contributed by atoms with Gasteiger partial charge < -0.3 is 9.53 Å². The molecule has 0 spiro atoms. The van der Waals surface area contributed by atoms with Crippen molar-refractivity contribution >= 4 is 12.1 Å². The normalized spacial score (nSPS) is 8.94. The van der Waals surface area contributed by atoms with Crippen molar-refractivity contribution < 1.29 is 18.7 Å². The Morgan fingerprint density at radius 2 is 2.12 bits per heavy atom. The van der Waals surface area contributed by atoms with Gasteiger partial charge >= 0.3 is 0 Å². The molecule has 0 bridgehead atoms. The molecule has 0 saturated carbocycles. The maximum atomic E-state index is 13.0. The quantitative estimate of drug-likeness (QED) is 0.600. The summed E-state index contributed by atoms with van der Waals surface area (Å²) < 4.78 is 17.8. The Kier molecular flexibility index (Phi) is 7.59. The zero-order chi connectivity index (χ0) is 13.3. The highest BCUT2D eigenvalue weighted by molar-refractivity contribution is 5.97. The fourth-order valence-electron chi connectivity index (χ4n) is 1.13. The summed E-state index contributed by atoms with van der Waals surface area (Å²) in [6.45, 7) is 3.29. The highest BCUT2D eigenvalue weighted by atomic mass is 19.1. The number of Topliss-reactive ketones (excluding diaryl/α,β-unsaturated/α-hetero) is 1. The third-order valence-electron chi connectivity index (χ3n) is 1.95. The van der Waals surface area contributed by atoms with Crippen LogP contribution in [0.25, 0.3) is 0 Å². The van der Waals surface area contributed by atoms with Crippen LogP contribution >= 0.6 is 0 Å². The van der Waals surface area contributed by atoms with Crippen molar-refractivity contribution in [1.82, 2.24) is 0 Å². The molecule has 1 rings (SSSR count). The summed E-state index contributed by atoms with van der Waals surface area (Å²) in [5.41, 5.74) is 0.0139. The van der Waals surface area contributed by atoms with Gasteiger partial charge in [0.15, 0.2) is 5.78 Å². The first-order valence-corrected chi connectivity index (χ1v) is 5.35. The van der Waals surface area contributed by atoms with Gasteiger partial charge in [0, 0.05) is 6.42 Å². The number of benzene rings is 1. The van der Waals surface area contributed by atoms with Crippen LogP contribution in [-0.2, 0) is 4.79 Å². The molecule has 0 aromatic heterocycles. The molecule has 0 aliphatic heterocycles. The molecule has 0 amide bonds. The standard InChI is InChI=1S/C9H9FO2.C4H8O/c1-6(11)9-7(10)4-3-5-8(9)12-2;1-2-3-4-5/h3-5H,1-2H3;4H,2-3H2,1H3.